The highest BCUT2D eigenvalue weighted by molar-refractivity contribution is 6.33. The van der Waals surface area contributed by atoms with Crippen LogP contribution in [0.1, 0.15) is 23.6 Å². The summed E-state index contributed by atoms with van der Waals surface area (Å²) in [6, 6.07) is 19.6. The second kappa shape index (κ2) is 8.78. The van der Waals surface area contributed by atoms with Crippen molar-refractivity contribution in [2.45, 2.75) is 32.3 Å². The number of halogens is 1. The third kappa shape index (κ3) is 4.41. The molecule has 162 valence electrons. The van der Waals surface area contributed by atoms with Gasteiger partial charge in [0, 0.05) is 23.7 Å². The van der Waals surface area contributed by atoms with Crippen molar-refractivity contribution in [3.8, 4) is 11.1 Å². The fourth-order valence-electron chi connectivity index (χ4n) is 4.31. The molecule has 1 heterocycles. The number of Topliss-reactive ketones (excluding diaryl/α,β-unsaturated/α-hetero) is 1. The molecule has 32 heavy (non-hydrogen) atoms. The quantitative estimate of drug-likeness (QED) is 0.489. The van der Waals surface area contributed by atoms with Crippen LogP contribution in [0.3, 0.4) is 0 Å². The van der Waals surface area contributed by atoms with E-state index in [-0.39, 0.29) is 18.7 Å². The van der Waals surface area contributed by atoms with Crippen LogP contribution in [0.25, 0.3) is 16.0 Å². The monoisotopic (exact) mass is 444 g/mol. The average Bonchev–Trinajstić information content (AvgIpc) is 3.14. The number of fused-ring (bicyclic) bond motifs is 1. The summed E-state index contributed by atoms with van der Waals surface area (Å²) in [5.74, 6) is -0.270. The van der Waals surface area contributed by atoms with Gasteiger partial charge in [0.05, 0.1) is 13.1 Å². The highest BCUT2D eigenvalue weighted by Crippen LogP contribution is 2.36. The largest absolute Gasteiger partial charge is 0.380 e. The van der Waals surface area contributed by atoms with Crippen molar-refractivity contribution in [3.05, 3.63) is 93.8 Å². The van der Waals surface area contributed by atoms with E-state index in [0.717, 1.165) is 29.8 Å². The number of benzene rings is 3. The Hall–Kier alpha value is -3.13. The number of aliphatic hydroxyl groups is 1. The fourth-order valence-corrected chi connectivity index (χ4v) is 4.55. The summed E-state index contributed by atoms with van der Waals surface area (Å²) in [6.07, 6.45) is 0.956. The summed E-state index contributed by atoms with van der Waals surface area (Å²) < 4.78 is 0. The molecule has 4 rings (SSSR count). The van der Waals surface area contributed by atoms with E-state index in [4.69, 9.17) is 18.2 Å². The Morgan fingerprint density at radius 3 is 2.62 bits per heavy atom. The Bertz CT molecular complexity index is 1210. The molecule has 0 radical (unpaired) electrons. The molecule has 0 fully saturated rings. The van der Waals surface area contributed by atoms with Gasteiger partial charge in [-0.15, -0.1) is 0 Å². The number of ketones is 1. The highest BCUT2D eigenvalue weighted by Gasteiger charge is 2.34. The number of aryl methyl sites for hydroxylation is 1. The summed E-state index contributed by atoms with van der Waals surface area (Å²) in [5.41, 5.74) is 5.39. The lowest BCUT2D eigenvalue weighted by atomic mass is 9.94. The minimum atomic E-state index is -1.51. The number of hydrogen-bond acceptors (Lipinski definition) is 3. The van der Waals surface area contributed by atoms with Gasteiger partial charge in [0.15, 0.2) is 5.78 Å². The van der Waals surface area contributed by atoms with Gasteiger partial charge >= 0.3 is 0 Å². The lowest BCUT2D eigenvalue weighted by Crippen LogP contribution is -2.47. The van der Waals surface area contributed by atoms with Gasteiger partial charge in [0.25, 0.3) is 0 Å². The van der Waals surface area contributed by atoms with Crippen LogP contribution in [-0.4, -0.2) is 29.6 Å². The summed E-state index contributed by atoms with van der Waals surface area (Å²) in [4.78, 5) is 18.4. The molecule has 0 unspecified atom stereocenters. The molecule has 1 aliphatic rings. The summed E-state index contributed by atoms with van der Waals surface area (Å²) in [5, 5.41) is 11.4. The zero-order valence-electron chi connectivity index (χ0n) is 18.2. The number of β-amino-alcohol motifs (C(OH)–C–C–N with tert-alkyl or cyclic N) is 1. The van der Waals surface area contributed by atoms with Gasteiger partial charge in [0.2, 0.25) is 5.69 Å². The predicted octanol–water partition coefficient (Wildman–Crippen LogP) is 5.79. The maximum Gasteiger partial charge on any atom is 0.205 e. The van der Waals surface area contributed by atoms with Gasteiger partial charge in [-0.2, -0.15) is 0 Å². The van der Waals surface area contributed by atoms with Crippen molar-refractivity contribution in [2.24, 2.45) is 0 Å². The van der Waals surface area contributed by atoms with E-state index >= 15 is 0 Å². The molecule has 0 saturated heterocycles. The number of rotatable bonds is 6. The van der Waals surface area contributed by atoms with Crippen LogP contribution in [0.4, 0.5) is 11.4 Å². The van der Waals surface area contributed by atoms with Gasteiger partial charge in [0.1, 0.15) is 5.60 Å². The molecule has 1 atom stereocenters. The maximum atomic E-state index is 13.0. The van der Waals surface area contributed by atoms with Crippen LogP contribution in [0, 0.1) is 13.5 Å². The zero-order chi connectivity index (χ0) is 22.9. The molecule has 3 aromatic rings. The minimum Gasteiger partial charge on any atom is -0.380 e. The standard InChI is InChI=1S/C27H25ClN2O2/c1-18-13-21-11-12-30(25(21)16-22(18)20-7-5-4-6-8-20)17-27(2,32)26(31)15-19-9-10-24(29-3)23(28)14-19/h4-10,13-14,16,32H,11-12,15,17H2,1-2H3/t27-/m0/s1. The number of carbonyl (C=O) groups excluding carboxylic acids is 1. The van der Waals surface area contributed by atoms with E-state index in [2.05, 4.69) is 40.9 Å². The van der Waals surface area contributed by atoms with Crippen molar-refractivity contribution in [2.75, 3.05) is 18.0 Å². The molecule has 0 aromatic heterocycles. The van der Waals surface area contributed by atoms with Crippen molar-refractivity contribution >= 4 is 28.8 Å². The molecular formula is C27H25ClN2O2. The Morgan fingerprint density at radius 1 is 1.19 bits per heavy atom. The van der Waals surface area contributed by atoms with Crippen LogP contribution in [-0.2, 0) is 17.6 Å². The van der Waals surface area contributed by atoms with Crippen molar-refractivity contribution in [1.29, 1.82) is 0 Å². The Balaban J connectivity index is 1.54. The summed E-state index contributed by atoms with van der Waals surface area (Å²) in [7, 11) is 0. The summed E-state index contributed by atoms with van der Waals surface area (Å²) in [6.45, 7) is 11.8. The lowest BCUT2D eigenvalue weighted by Gasteiger charge is -2.30. The first-order valence-corrected chi connectivity index (χ1v) is 11.0. The second-order valence-corrected chi connectivity index (χ2v) is 9.01. The molecule has 0 aliphatic carbocycles. The molecule has 5 heteroatoms. The van der Waals surface area contributed by atoms with Crippen molar-refractivity contribution in [1.82, 2.24) is 0 Å². The smallest absolute Gasteiger partial charge is 0.205 e. The lowest BCUT2D eigenvalue weighted by molar-refractivity contribution is -0.134. The Labute approximate surface area is 193 Å². The predicted molar refractivity (Wildman–Crippen MR) is 130 cm³/mol. The molecule has 4 nitrogen and oxygen atoms in total. The van der Waals surface area contributed by atoms with Gasteiger partial charge in [-0.1, -0.05) is 66.2 Å². The van der Waals surface area contributed by atoms with E-state index in [1.807, 2.05) is 18.2 Å². The number of anilines is 1. The van der Waals surface area contributed by atoms with E-state index in [0.29, 0.717) is 16.3 Å². The first kappa shape index (κ1) is 22.1. The van der Waals surface area contributed by atoms with Crippen molar-refractivity contribution < 1.29 is 9.90 Å². The molecule has 0 spiro atoms. The SMILES string of the molecule is [C-]#[N+]c1ccc(CC(=O)[C@@](C)(O)CN2CCc3cc(C)c(-c4ccccc4)cc32)cc1Cl. The summed E-state index contributed by atoms with van der Waals surface area (Å²) >= 11 is 6.10. The number of hydrogen-bond donors (Lipinski definition) is 1. The normalized spacial score (nSPS) is 14.5. The van der Waals surface area contributed by atoms with Crippen LogP contribution in [0.2, 0.25) is 5.02 Å². The van der Waals surface area contributed by atoms with Gasteiger partial charge < -0.3 is 10.0 Å². The first-order valence-electron chi connectivity index (χ1n) is 10.6. The number of nitrogens with zero attached hydrogens (tertiary/aromatic N) is 2. The van der Waals surface area contributed by atoms with Crippen LogP contribution >= 0.6 is 11.6 Å². The molecular weight excluding hydrogens is 420 g/mol. The van der Waals surface area contributed by atoms with Gasteiger partial charge in [-0.25, -0.2) is 4.85 Å². The molecule has 0 bridgehead atoms. The van der Waals surface area contributed by atoms with Gasteiger partial charge in [-0.3, -0.25) is 4.79 Å². The molecule has 3 aromatic carbocycles. The van der Waals surface area contributed by atoms with Crippen LogP contribution < -0.4 is 4.90 Å². The maximum absolute atomic E-state index is 13.0. The van der Waals surface area contributed by atoms with Crippen LogP contribution in [0.15, 0.2) is 60.7 Å². The van der Waals surface area contributed by atoms with Crippen molar-refractivity contribution in [3.63, 3.8) is 0 Å². The topological polar surface area (TPSA) is 44.9 Å². The third-order valence-electron chi connectivity index (χ3n) is 6.10. The number of carbonyl (C=O) groups is 1. The minimum absolute atomic E-state index is 0.0643. The van der Waals surface area contributed by atoms with Crippen LogP contribution in [0.5, 0.6) is 0 Å². The van der Waals surface area contributed by atoms with E-state index in [1.54, 1.807) is 25.1 Å². The molecule has 0 amide bonds. The first-order chi connectivity index (χ1) is 15.3. The Morgan fingerprint density at radius 2 is 1.94 bits per heavy atom. The molecule has 1 N–H and O–H groups in total. The van der Waals surface area contributed by atoms with E-state index in [1.165, 1.54) is 11.1 Å². The average molecular weight is 445 g/mol. The molecule has 0 saturated carbocycles. The third-order valence-corrected chi connectivity index (χ3v) is 6.40. The second-order valence-electron chi connectivity index (χ2n) is 8.60. The van der Waals surface area contributed by atoms with E-state index in [9.17, 15) is 9.90 Å². The van der Waals surface area contributed by atoms with E-state index < -0.39 is 5.60 Å². The fraction of sp³-hybridized carbons (Fsp3) is 0.259. The Kier molecular flexibility index (Phi) is 6.06. The molecule has 1 aliphatic heterocycles. The van der Waals surface area contributed by atoms with Gasteiger partial charge in [-0.05, 0) is 54.2 Å². The zero-order valence-corrected chi connectivity index (χ0v) is 19.0. The highest BCUT2D eigenvalue weighted by atomic mass is 35.5.